The number of methoxy groups -OCH3 is 1. The highest BCUT2D eigenvalue weighted by Crippen LogP contribution is 2.16. The fraction of sp³-hybridized carbons (Fsp3) is 0.333. The zero-order valence-corrected chi connectivity index (χ0v) is 12.9. The highest BCUT2D eigenvalue weighted by atomic mass is 32.2. The Kier molecular flexibility index (Phi) is 5.17. The molecule has 0 aliphatic carbocycles. The highest BCUT2D eigenvalue weighted by Gasteiger charge is 2.18. The Bertz CT molecular complexity index is 665. The lowest BCUT2D eigenvalue weighted by molar-refractivity contribution is 0.0878. The number of hydrogen-bond donors (Lipinski definition) is 1. The number of sulfonamides is 1. The first-order valence-electron chi connectivity index (χ1n) is 6.59. The molecule has 1 unspecified atom stereocenters. The van der Waals surface area contributed by atoms with Crippen LogP contribution >= 0.6 is 0 Å². The zero-order chi connectivity index (χ0) is 15.3. The van der Waals surface area contributed by atoms with Gasteiger partial charge < -0.3 is 9.15 Å². The summed E-state index contributed by atoms with van der Waals surface area (Å²) in [6, 6.07) is 10.9. The van der Waals surface area contributed by atoms with E-state index in [2.05, 4.69) is 4.72 Å². The van der Waals surface area contributed by atoms with Crippen molar-refractivity contribution in [1.29, 1.82) is 0 Å². The lowest BCUT2D eigenvalue weighted by Crippen LogP contribution is -2.30. The zero-order valence-electron chi connectivity index (χ0n) is 12.1. The fourth-order valence-corrected chi connectivity index (χ4v) is 3.18. The van der Waals surface area contributed by atoms with Crippen LogP contribution in [0.15, 0.2) is 47.1 Å². The van der Waals surface area contributed by atoms with Gasteiger partial charge in [-0.2, -0.15) is 0 Å². The molecular formula is C15H19NO4S. The minimum absolute atomic E-state index is 0.0523. The van der Waals surface area contributed by atoms with E-state index < -0.39 is 16.1 Å². The number of hydrogen-bond acceptors (Lipinski definition) is 4. The minimum atomic E-state index is -3.42. The van der Waals surface area contributed by atoms with Gasteiger partial charge in [0, 0.05) is 13.7 Å². The first-order chi connectivity index (χ1) is 10.00. The molecule has 21 heavy (non-hydrogen) atoms. The third kappa shape index (κ3) is 4.70. The summed E-state index contributed by atoms with van der Waals surface area (Å²) in [5.41, 5.74) is 1.79. The van der Waals surface area contributed by atoms with Crippen LogP contribution in [0.25, 0.3) is 0 Å². The number of ether oxygens (including phenoxy) is 1. The third-order valence-corrected chi connectivity index (χ3v) is 4.39. The standard InChI is InChI=1S/C15H19NO4S/c1-12-5-3-6-13(9-12)11-21(17,18)16-10-15(19-2)14-7-4-8-20-14/h3-9,15-16H,10-11H2,1-2H3. The maximum atomic E-state index is 12.1. The molecule has 1 aromatic carbocycles. The number of benzene rings is 1. The van der Waals surface area contributed by atoms with E-state index in [1.807, 2.05) is 25.1 Å². The van der Waals surface area contributed by atoms with E-state index in [1.165, 1.54) is 13.4 Å². The van der Waals surface area contributed by atoms with Crippen molar-refractivity contribution in [3.63, 3.8) is 0 Å². The Hall–Kier alpha value is -1.63. The van der Waals surface area contributed by atoms with Crippen molar-refractivity contribution in [2.75, 3.05) is 13.7 Å². The van der Waals surface area contributed by atoms with E-state index in [0.717, 1.165) is 11.1 Å². The molecule has 0 spiro atoms. The van der Waals surface area contributed by atoms with E-state index in [-0.39, 0.29) is 12.3 Å². The van der Waals surface area contributed by atoms with Gasteiger partial charge in [0.05, 0.1) is 12.0 Å². The van der Waals surface area contributed by atoms with Gasteiger partial charge >= 0.3 is 0 Å². The van der Waals surface area contributed by atoms with Gasteiger partial charge in [0.25, 0.3) is 0 Å². The third-order valence-electron chi connectivity index (χ3n) is 3.07. The Morgan fingerprint density at radius 2 is 2.10 bits per heavy atom. The second kappa shape index (κ2) is 6.89. The molecule has 2 rings (SSSR count). The molecule has 0 saturated heterocycles. The Morgan fingerprint density at radius 3 is 2.71 bits per heavy atom. The van der Waals surface area contributed by atoms with E-state index in [0.29, 0.717) is 5.76 Å². The largest absolute Gasteiger partial charge is 0.467 e. The normalized spacial score (nSPS) is 13.2. The van der Waals surface area contributed by atoms with Crippen LogP contribution in [0.2, 0.25) is 0 Å². The molecule has 0 radical (unpaired) electrons. The van der Waals surface area contributed by atoms with Crippen LogP contribution in [-0.2, 0) is 20.5 Å². The van der Waals surface area contributed by atoms with Crippen molar-refractivity contribution < 1.29 is 17.6 Å². The highest BCUT2D eigenvalue weighted by molar-refractivity contribution is 7.88. The van der Waals surface area contributed by atoms with Crippen LogP contribution in [-0.4, -0.2) is 22.1 Å². The number of furan rings is 1. The lowest BCUT2D eigenvalue weighted by atomic mass is 10.2. The summed E-state index contributed by atoms with van der Waals surface area (Å²) in [4.78, 5) is 0. The molecule has 1 aromatic heterocycles. The second-order valence-electron chi connectivity index (χ2n) is 4.84. The molecule has 6 heteroatoms. The number of rotatable bonds is 7. The summed E-state index contributed by atoms with van der Waals surface area (Å²) in [5, 5.41) is 0. The molecule has 0 amide bonds. The SMILES string of the molecule is COC(CNS(=O)(=O)Cc1cccc(C)c1)c1ccco1. The molecule has 0 fully saturated rings. The molecule has 5 nitrogen and oxygen atoms in total. The summed E-state index contributed by atoms with van der Waals surface area (Å²) >= 11 is 0. The molecule has 0 bridgehead atoms. The van der Waals surface area contributed by atoms with Gasteiger partial charge in [-0.25, -0.2) is 13.1 Å². The smallest absolute Gasteiger partial charge is 0.215 e. The van der Waals surface area contributed by atoms with Gasteiger partial charge in [-0.3, -0.25) is 0 Å². The van der Waals surface area contributed by atoms with E-state index in [4.69, 9.17) is 9.15 Å². The van der Waals surface area contributed by atoms with E-state index >= 15 is 0 Å². The second-order valence-corrected chi connectivity index (χ2v) is 6.64. The lowest BCUT2D eigenvalue weighted by Gasteiger charge is -2.14. The van der Waals surface area contributed by atoms with Crippen molar-refractivity contribution in [1.82, 2.24) is 4.72 Å². The Morgan fingerprint density at radius 1 is 1.29 bits per heavy atom. The molecule has 0 aliphatic heterocycles. The van der Waals surface area contributed by atoms with E-state index in [9.17, 15) is 8.42 Å². The molecule has 2 aromatic rings. The van der Waals surface area contributed by atoms with Gasteiger partial charge in [0.15, 0.2) is 0 Å². The average Bonchev–Trinajstić information content (AvgIpc) is 2.93. The van der Waals surface area contributed by atoms with Gasteiger partial charge in [0.1, 0.15) is 11.9 Å². The van der Waals surface area contributed by atoms with Crippen LogP contribution in [0.4, 0.5) is 0 Å². The maximum absolute atomic E-state index is 12.1. The molecule has 1 N–H and O–H groups in total. The summed E-state index contributed by atoms with van der Waals surface area (Å²) in [6.45, 7) is 2.07. The Labute approximate surface area is 125 Å². The minimum Gasteiger partial charge on any atom is -0.467 e. The van der Waals surface area contributed by atoms with Gasteiger partial charge in [-0.15, -0.1) is 0 Å². The topological polar surface area (TPSA) is 68.5 Å². The quantitative estimate of drug-likeness (QED) is 0.852. The van der Waals surface area contributed by atoms with Crippen molar-refractivity contribution in [2.45, 2.75) is 18.8 Å². The van der Waals surface area contributed by atoms with Gasteiger partial charge in [-0.05, 0) is 24.6 Å². The summed E-state index contributed by atoms with van der Waals surface area (Å²) in [5.74, 6) is 0.541. The predicted octanol–water partition coefficient (Wildman–Crippen LogP) is 2.40. The summed E-state index contributed by atoms with van der Waals surface area (Å²) in [6.07, 6.45) is 1.09. The molecule has 1 heterocycles. The monoisotopic (exact) mass is 309 g/mol. The van der Waals surface area contributed by atoms with Crippen LogP contribution in [0.1, 0.15) is 23.0 Å². The summed E-state index contributed by atoms with van der Waals surface area (Å²) < 4.78 is 37.2. The maximum Gasteiger partial charge on any atom is 0.215 e. The number of aryl methyl sites for hydroxylation is 1. The van der Waals surface area contributed by atoms with Crippen LogP contribution in [0.5, 0.6) is 0 Å². The molecule has 114 valence electrons. The van der Waals surface area contributed by atoms with Crippen LogP contribution < -0.4 is 4.72 Å². The van der Waals surface area contributed by atoms with Gasteiger partial charge in [-0.1, -0.05) is 29.8 Å². The first kappa shape index (κ1) is 15.8. The van der Waals surface area contributed by atoms with Crippen LogP contribution in [0, 0.1) is 6.92 Å². The first-order valence-corrected chi connectivity index (χ1v) is 8.24. The molecule has 1 atom stereocenters. The van der Waals surface area contributed by atoms with Gasteiger partial charge in [0.2, 0.25) is 10.0 Å². The molecular weight excluding hydrogens is 290 g/mol. The van der Waals surface area contributed by atoms with Crippen LogP contribution in [0.3, 0.4) is 0 Å². The van der Waals surface area contributed by atoms with E-state index in [1.54, 1.807) is 18.2 Å². The van der Waals surface area contributed by atoms with Crippen molar-refractivity contribution in [2.24, 2.45) is 0 Å². The molecule has 0 saturated carbocycles. The Balaban J connectivity index is 1.98. The number of nitrogens with one attached hydrogen (secondary N) is 1. The van der Waals surface area contributed by atoms with Crippen molar-refractivity contribution >= 4 is 10.0 Å². The van der Waals surface area contributed by atoms with Crippen molar-refractivity contribution in [3.8, 4) is 0 Å². The average molecular weight is 309 g/mol. The fourth-order valence-electron chi connectivity index (χ4n) is 2.05. The van der Waals surface area contributed by atoms with Crippen molar-refractivity contribution in [3.05, 3.63) is 59.5 Å². The molecule has 0 aliphatic rings. The predicted molar refractivity (Wildman–Crippen MR) is 80.3 cm³/mol. The summed E-state index contributed by atoms with van der Waals surface area (Å²) in [7, 11) is -1.90.